The Morgan fingerprint density at radius 1 is 0.897 bits per heavy atom. The first kappa shape index (κ1) is 20.8. The molecule has 1 aliphatic heterocycles. The molecule has 0 aromatic heterocycles. The van der Waals surface area contributed by atoms with Gasteiger partial charge in [-0.25, -0.2) is 0 Å². The smallest absolute Gasteiger partial charge is 0.236 e. The molecular weight excluding hydrogens is 380 g/mol. The molecule has 2 saturated carbocycles. The van der Waals surface area contributed by atoms with E-state index in [9.17, 15) is 9.59 Å². The van der Waals surface area contributed by atoms with Crippen molar-refractivity contribution in [1.82, 2.24) is 10.2 Å². The van der Waals surface area contributed by atoms with Crippen LogP contribution in [0, 0.1) is 5.92 Å². The van der Waals surface area contributed by atoms with Crippen LogP contribution in [0.2, 0.25) is 0 Å². The van der Waals surface area contributed by atoms with Gasteiger partial charge < -0.3 is 10.2 Å². The van der Waals surface area contributed by atoms with Crippen LogP contribution in [0.4, 0.5) is 0 Å². The maximum absolute atomic E-state index is 13.3. The molecule has 29 heavy (non-hydrogen) atoms. The monoisotopic (exact) mass is 414 g/mol. The van der Waals surface area contributed by atoms with E-state index < -0.39 is 0 Å². The molecule has 4 rings (SSSR count). The molecule has 3 fully saturated rings. The highest BCUT2D eigenvalue weighted by molar-refractivity contribution is 8.01. The first-order valence-electron chi connectivity index (χ1n) is 11.5. The Morgan fingerprint density at radius 2 is 1.55 bits per heavy atom. The lowest BCUT2D eigenvalue weighted by Crippen LogP contribution is -2.52. The zero-order valence-corrected chi connectivity index (χ0v) is 18.2. The van der Waals surface area contributed by atoms with E-state index in [4.69, 9.17) is 0 Å². The summed E-state index contributed by atoms with van der Waals surface area (Å²) in [5.74, 6) is 0.821. The van der Waals surface area contributed by atoms with E-state index in [1.165, 1.54) is 24.2 Å². The van der Waals surface area contributed by atoms with E-state index >= 15 is 0 Å². The predicted octanol–water partition coefficient (Wildman–Crippen LogP) is 4.78. The van der Waals surface area contributed by atoms with Gasteiger partial charge in [-0.1, -0.05) is 50.3 Å². The van der Waals surface area contributed by atoms with Gasteiger partial charge in [0.25, 0.3) is 0 Å². The maximum atomic E-state index is 13.3. The minimum Gasteiger partial charge on any atom is -0.352 e. The fourth-order valence-electron chi connectivity index (χ4n) is 5.20. The van der Waals surface area contributed by atoms with Crippen LogP contribution in [0.15, 0.2) is 35.2 Å². The molecule has 0 bridgehead atoms. The number of likely N-dealkylation sites (tertiary alicyclic amines) is 1. The van der Waals surface area contributed by atoms with Crippen LogP contribution in [0.25, 0.3) is 0 Å². The number of amides is 2. The van der Waals surface area contributed by atoms with Crippen molar-refractivity contribution in [3.05, 3.63) is 30.3 Å². The quantitative estimate of drug-likeness (QED) is 0.754. The highest BCUT2D eigenvalue weighted by Gasteiger charge is 2.43. The molecule has 1 heterocycles. The normalized spacial score (nSPS) is 23.1. The average molecular weight is 415 g/mol. The molecule has 2 amide bonds. The lowest BCUT2D eigenvalue weighted by molar-refractivity contribution is -0.137. The van der Waals surface area contributed by atoms with Gasteiger partial charge in [0.05, 0.1) is 4.75 Å². The van der Waals surface area contributed by atoms with Gasteiger partial charge in [-0.05, 0) is 50.7 Å². The van der Waals surface area contributed by atoms with Crippen LogP contribution < -0.4 is 5.32 Å². The first-order chi connectivity index (χ1) is 14.2. The van der Waals surface area contributed by atoms with Gasteiger partial charge in [-0.2, -0.15) is 0 Å². The molecule has 158 valence electrons. The van der Waals surface area contributed by atoms with Crippen molar-refractivity contribution in [3.8, 4) is 0 Å². The molecule has 4 nitrogen and oxygen atoms in total. The molecule has 0 spiro atoms. The van der Waals surface area contributed by atoms with Crippen LogP contribution in [0.5, 0.6) is 0 Å². The number of piperidine rings is 1. The van der Waals surface area contributed by atoms with E-state index in [2.05, 4.69) is 22.3 Å². The van der Waals surface area contributed by atoms with Crippen molar-refractivity contribution in [1.29, 1.82) is 0 Å². The van der Waals surface area contributed by atoms with E-state index in [0.717, 1.165) is 64.5 Å². The van der Waals surface area contributed by atoms with Crippen molar-refractivity contribution in [2.45, 2.75) is 86.3 Å². The van der Waals surface area contributed by atoms with Gasteiger partial charge in [0, 0.05) is 29.9 Å². The zero-order valence-electron chi connectivity index (χ0n) is 17.4. The van der Waals surface area contributed by atoms with Crippen LogP contribution in [0.1, 0.15) is 70.6 Å². The Labute approximate surface area is 179 Å². The molecule has 3 aliphatic rings. The summed E-state index contributed by atoms with van der Waals surface area (Å²) in [5, 5.41) is 3.36. The minimum absolute atomic E-state index is 0.201. The highest BCUT2D eigenvalue weighted by Crippen LogP contribution is 2.45. The SMILES string of the molecule is O=C(C1CCCCC1)N1CCC(NC(=O)C2(Sc3ccccc3)CCCC2)CC1. The van der Waals surface area contributed by atoms with E-state index in [1.807, 2.05) is 18.2 Å². The molecule has 1 aromatic carbocycles. The number of hydrogen-bond acceptors (Lipinski definition) is 3. The van der Waals surface area contributed by atoms with E-state index in [1.54, 1.807) is 11.8 Å². The molecule has 5 heteroatoms. The second kappa shape index (κ2) is 9.55. The minimum atomic E-state index is -0.323. The molecule has 0 atom stereocenters. The van der Waals surface area contributed by atoms with Gasteiger partial charge in [-0.3, -0.25) is 9.59 Å². The Hall–Kier alpha value is -1.49. The second-order valence-corrected chi connectivity index (χ2v) is 10.5. The molecule has 1 N–H and O–H groups in total. The van der Waals surface area contributed by atoms with Gasteiger partial charge in [0.1, 0.15) is 0 Å². The molecule has 2 aliphatic carbocycles. The molecular formula is C24H34N2O2S. The largest absolute Gasteiger partial charge is 0.352 e. The topological polar surface area (TPSA) is 49.4 Å². The van der Waals surface area contributed by atoms with Crippen molar-refractivity contribution in [2.24, 2.45) is 5.92 Å². The number of hydrogen-bond donors (Lipinski definition) is 1. The summed E-state index contributed by atoms with van der Waals surface area (Å²) in [6, 6.07) is 10.5. The third kappa shape index (κ3) is 4.99. The molecule has 1 saturated heterocycles. The number of benzene rings is 1. The summed E-state index contributed by atoms with van der Waals surface area (Å²) < 4.78 is -0.323. The van der Waals surface area contributed by atoms with E-state index in [-0.39, 0.29) is 22.6 Å². The lowest BCUT2D eigenvalue weighted by Gasteiger charge is -2.37. The predicted molar refractivity (Wildman–Crippen MR) is 118 cm³/mol. The average Bonchev–Trinajstić information content (AvgIpc) is 3.25. The third-order valence-electron chi connectivity index (χ3n) is 6.98. The number of nitrogens with zero attached hydrogens (tertiary/aromatic N) is 1. The Morgan fingerprint density at radius 3 is 2.21 bits per heavy atom. The van der Waals surface area contributed by atoms with Gasteiger partial charge >= 0.3 is 0 Å². The van der Waals surface area contributed by atoms with Crippen LogP contribution in [0.3, 0.4) is 0 Å². The lowest BCUT2D eigenvalue weighted by atomic mass is 9.87. The Kier molecular flexibility index (Phi) is 6.84. The Bertz CT molecular complexity index is 688. The molecule has 0 radical (unpaired) electrons. The summed E-state index contributed by atoms with van der Waals surface area (Å²) in [4.78, 5) is 29.3. The van der Waals surface area contributed by atoms with Crippen LogP contribution in [-0.4, -0.2) is 40.6 Å². The Balaban J connectivity index is 1.31. The zero-order chi connectivity index (χ0) is 20.1. The van der Waals surface area contributed by atoms with Crippen LogP contribution in [-0.2, 0) is 9.59 Å². The number of thioether (sulfide) groups is 1. The number of carbonyl (C=O) groups excluding carboxylic acids is 2. The molecule has 1 aromatic rings. The standard InChI is InChI=1S/C24H34N2O2S/c27-22(19-9-3-1-4-10-19)26-17-13-20(14-18-26)25-23(28)24(15-7-8-16-24)29-21-11-5-2-6-12-21/h2,5-6,11-12,19-20H,1,3-4,7-10,13-18H2,(H,25,28). The number of nitrogens with one attached hydrogen (secondary N) is 1. The van der Waals surface area contributed by atoms with Gasteiger partial charge in [0.2, 0.25) is 11.8 Å². The van der Waals surface area contributed by atoms with Crippen molar-refractivity contribution in [3.63, 3.8) is 0 Å². The second-order valence-electron chi connectivity index (χ2n) is 9.02. The summed E-state index contributed by atoms with van der Waals surface area (Å²) in [7, 11) is 0. The summed E-state index contributed by atoms with van der Waals surface area (Å²) >= 11 is 1.74. The van der Waals surface area contributed by atoms with Crippen molar-refractivity contribution in [2.75, 3.05) is 13.1 Å². The van der Waals surface area contributed by atoms with Crippen LogP contribution >= 0.6 is 11.8 Å². The van der Waals surface area contributed by atoms with Gasteiger partial charge in [0.15, 0.2) is 0 Å². The fourth-order valence-corrected chi connectivity index (χ4v) is 6.59. The molecule has 0 unspecified atom stereocenters. The summed E-state index contributed by atoms with van der Waals surface area (Å²) in [6.45, 7) is 1.58. The maximum Gasteiger partial charge on any atom is 0.236 e. The number of rotatable bonds is 5. The first-order valence-corrected chi connectivity index (χ1v) is 12.3. The van der Waals surface area contributed by atoms with Crippen molar-refractivity contribution >= 4 is 23.6 Å². The number of carbonyl (C=O) groups is 2. The van der Waals surface area contributed by atoms with E-state index in [0.29, 0.717) is 5.91 Å². The fraction of sp³-hybridized carbons (Fsp3) is 0.667. The van der Waals surface area contributed by atoms with Crippen molar-refractivity contribution < 1.29 is 9.59 Å². The van der Waals surface area contributed by atoms with Gasteiger partial charge in [-0.15, -0.1) is 11.8 Å². The highest BCUT2D eigenvalue weighted by atomic mass is 32.2. The summed E-state index contributed by atoms with van der Waals surface area (Å²) in [6.07, 6.45) is 11.7. The third-order valence-corrected chi connectivity index (χ3v) is 8.47. The summed E-state index contributed by atoms with van der Waals surface area (Å²) in [5.41, 5.74) is 0.